The summed E-state index contributed by atoms with van der Waals surface area (Å²) in [4.78, 5) is 50.2. The molecular weight excluding hydrogens is 955 g/mol. The molecule has 6 aliphatic heterocycles. The topological polar surface area (TPSA) is 195 Å². The van der Waals surface area contributed by atoms with Crippen LogP contribution in [0, 0.1) is 13.8 Å². The predicted molar refractivity (Wildman–Crippen MR) is 272 cm³/mol. The molecule has 0 spiro atoms. The van der Waals surface area contributed by atoms with Gasteiger partial charge in [0.1, 0.15) is 24.0 Å². The van der Waals surface area contributed by atoms with E-state index >= 15 is 8.78 Å². The summed E-state index contributed by atoms with van der Waals surface area (Å²) in [5, 5.41) is 16.8. The van der Waals surface area contributed by atoms with Gasteiger partial charge in [0, 0.05) is 99.3 Å². The van der Waals surface area contributed by atoms with Crippen LogP contribution in [0.15, 0.2) is 48.8 Å². The minimum atomic E-state index is -0.946. The van der Waals surface area contributed by atoms with E-state index in [1.165, 1.54) is 14.2 Å². The molecule has 6 fully saturated rings. The first-order valence-electron chi connectivity index (χ1n) is 25.8. The number of rotatable bonds is 10. The first kappa shape index (κ1) is 49.6. The molecule has 2 amide bonds. The average molecular weight is 1020 g/mol. The van der Waals surface area contributed by atoms with Crippen LogP contribution in [-0.4, -0.2) is 192 Å². The van der Waals surface area contributed by atoms with Crippen LogP contribution >= 0.6 is 0 Å². The van der Waals surface area contributed by atoms with Gasteiger partial charge in [-0.05, 0) is 99.1 Å². The van der Waals surface area contributed by atoms with E-state index in [1.807, 2.05) is 35.8 Å². The van der Waals surface area contributed by atoms with Gasteiger partial charge in [0.2, 0.25) is 11.8 Å². The zero-order valence-corrected chi connectivity index (χ0v) is 42.4. The number of aromatic nitrogens is 8. The van der Waals surface area contributed by atoms with Gasteiger partial charge in [-0.25, -0.2) is 18.1 Å². The van der Waals surface area contributed by atoms with Gasteiger partial charge in [-0.1, -0.05) is 0 Å². The molecule has 0 saturated carbocycles. The van der Waals surface area contributed by atoms with Crippen molar-refractivity contribution in [2.45, 2.75) is 75.8 Å². The Bertz CT molecular complexity index is 2820. The second-order valence-electron chi connectivity index (χ2n) is 20.2. The number of ether oxygens (including phenoxy) is 4. The van der Waals surface area contributed by atoms with E-state index in [-0.39, 0.29) is 48.8 Å². The SMILES string of the molecule is COc1nc(N2CCNC(=O)C2)cc(-n2ncc3cc(C)c(C4CCN(C5CCOC5)CC4F)cc32)n1.COc1nc(N2CCNC(=O)C2)cc(-n2ncc3cc(C)c(C4CCN(C5CCOC5)CC4F)cc32)n1. The van der Waals surface area contributed by atoms with Crippen LogP contribution in [0.5, 0.6) is 12.0 Å². The molecule has 6 aliphatic rings. The Balaban J connectivity index is 0.000000159. The maximum Gasteiger partial charge on any atom is 0.320 e. The Morgan fingerprint density at radius 2 is 1.01 bits per heavy atom. The molecule has 4 aromatic heterocycles. The van der Waals surface area contributed by atoms with Gasteiger partial charge in [0.25, 0.3) is 0 Å². The minimum Gasteiger partial charge on any atom is -0.467 e. The molecule has 392 valence electrons. The summed E-state index contributed by atoms with van der Waals surface area (Å²) < 4.78 is 56.4. The Hall–Kier alpha value is -6.62. The molecule has 10 heterocycles. The fourth-order valence-electron chi connectivity index (χ4n) is 11.6. The normalized spacial score (nSPS) is 25.0. The fraction of sp³-hybridized carbons (Fsp3) is 0.538. The van der Waals surface area contributed by atoms with Crippen LogP contribution in [0.4, 0.5) is 20.4 Å². The second-order valence-corrected chi connectivity index (χ2v) is 20.2. The summed E-state index contributed by atoms with van der Waals surface area (Å²) in [6.07, 6.45) is 5.19. The van der Waals surface area contributed by atoms with Crippen LogP contribution in [0.25, 0.3) is 33.4 Å². The largest absolute Gasteiger partial charge is 0.467 e. The van der Waals surface area contributed by atoms with E-state index in [0.717, 1.165) is 96.0 Å². The Labute approximate surface area is 427 Å². The highest BCUT2D eigenvalue weighted by molar-refractivity contribution is 5.85. The molecule has 6 saturated heterocycles. The number of likely N-dealkylation sites (tertiary alicyclic amines) is 2. The number of nitrogens with zero attached hydrogens (tertiary/aromatic N) is 12. The number of aryl methyl sites for hydroxylation is 2. The molecule has 22 heteroatoms. The van der Waals surface area contributed by atoms with Gasteiger partial charge >= 0.3 is 12.0 Å². The maximum atomic E-state index is 15.6. The van der Waals surface area contributed by atoms with E-state index in [9.17, 15) is 9.59 Å². The first-order valence-corrected chi connectivity index (χ1v) is 25.8. The summed E-state index contributed by atoms with van der Waals surface area (Å²) in [6, 6.07) is 13.0. The molecule has 74 heavy (non-hydrogen) atoms. The number of anilines is 2. The summed E-state index contributed by atoms with van der Waals surface area (Å²) in [5.74, 6) is 1.81. The van der Waals surface area contributed by atoms with Crippen LogP contribution in [-0.2, 0) is 19.1 Å². The lowest BCUT2D eigenvalue weighted by molar-refractivity contribution is -0.121. The Morgan fingerprint density at radius 1 is 0.581 bits per heavy atom. The van der Waals surface area contributed by atoms with E-state index < -0.39 is 12.3 Å². The standard InChI is InChI=1S/2C26H32FN7O3/c2*1-16-9-17-12-29-34(24-11-23(30-26(31-24)36-2)33-7-5-28-25(35)14-33)22(17)10-20(16)19-3-6-32(13-21(19)27)18-4-8-37-15-18/h2*9-12,18-19,21H,3-8,13-15H2,1-2H3,(H,28,35). The van der Waals surface area contributed by atoms with Gasteiger partial charge in [-0.2, -0.15) is 30.1 Å². The lowest BCUT2D eigenvalue weighted by Gasteiger charge is -2.38. The molecular formula is C52H64F2N14O6. The smallest absolute Gasteiger partial charge is 0.320 e. The van der Waals surface area contributed by atoms with Crippen molar-refractivity contribution in [2.24, 2.45) is 0 Å². The van der Waals surface area contributed by atoms with Gasteiger partial charge in [-0.3, -0.25) is 19.4 Å². The zero-order valence-electron chi connectivity index (χ0n) is 42.4. The molecule has 2 aromatic carbocycles. The number of benzene rings is 2. The number of alkyl halides is 2. The van der Waals surface area contributed by atoms with Crippen molar-refractivity contribution in [3.05, 3.63) is 71.0 Å². The number of hydrogen-bond acceptors (Lipinski definition) is 16. The molecule has 12 rings (SSSR count). The molecule has 0 radical (unpaired) electrons. The van der Waals surface area contributed by atoms with E-state index in [1.54, 1.807) is 21.8 Å². The van der Waals surface area contributed by atoms with Crippen molar-refractivity contribution < 1.29 is 37.3 Å². The number of methoxy groups -OCH3 is 2. The Morgan fingerprint density at radius 3 is 1.39 bits per heavy atom. The van der Waals surface area contributed by atoms with Gasteiger partial charge in [0.05, 0.1) is 63.9 Å². The number of fused-ring (bicyclic) bond motifs is 2. The van der Waals surface area contributed by atoms with E-state index in [4.69, 9.17) is 18.9 Å². The first-order chi connectivity index (χ1) is 36.0. The second kappa shape index (κ2) is 21.3. The number of amides is 2. The average Bonchev–Trinajstić information content (AvgIpc) is 4.28. The highest BCUT2D eigenvalue weighted by Crippen LogP contribution is 2.38. The van der Waals surface area contributed by atoms with Crippen molar-refractivity contribution in [1.82, 2.24) is 59.9 Å². The number of piperidine rings is 2. The highest BCUT2D eigenvalue weighted by atomic mass is 19.1. The van der Waals surface area contributed by atoms with Crippen molar-refractivity contribution in [2.75, 3.05) is 116 Å². The van der Waals surface area contributed by atoms with Crippen LogP contribution in [0.3, 0.4) is 0 Å². The molecule has 6 atom stereocenters. The predicted octanol–water partition coefficient (Wildman–Crippen LogP) is 3.97. The van der Waals surface area contributed by atoms with Crippen LogP contribution in [0.1, 0.15) is 59.8 Å². The zero-order chi connectivity index (χ0) is 51.0. The quantitative estimate of drug-likeness (QED) is 0.200. The molecule has 0 bridgehead atoms. The number of nitrogens with one attached hydrogen (secondary N) is 2. The van der Waals surface area contributed by atoms with Crippen molar-refractivity contribution in [3.63, 3.8) is 0 Å². The molecule has 6 unspecified atom stereocenters. The number of carbonyl (C=O) groups is 2. The van der Waals surface area contributed by atoms with Crippen LogP contribution in [0.2, 0.25) is 0 Å². The molecule has 0 aliphatic carbocycles. The molecule has 20 nitrogen and oxygen atoms in total. The monoisotopic (exact) mass is 1020 g/mol. The summed E-state index contributed by atoms with van der Waals surface area (Å²) in [5.41, 5.74) is 5.86. The summed E-state index contributed by atoms with van der Waals surface area (Å²) in [7, 11) is 3.03. The van der Waals surface area contributed by atoms with Gasteiger partial charge < -0.3 is 39.4 Å². The number of halogens is 2. The van der Waals surface area contributed by atoms with Gasteiger partial charge in [0.15, 0.2) is 11.6 Å². The third-order valence-corrected chi connectivity index (χ3v) is 15.6. The van der Waals surface area contributed by atoms with E-state index in [2.05, 4.69) is 74.8 Å². The number of hydrogen-bond donors (Lipinski definition) is 2. The molecule has 6 aromatic rings. The van der Waals surface area contributed by atoms with Crippen molar-refractivity contribution >= 4 is 45.3 Å². The Kier molecular flexibility index (Phi) is 14.3. The molecule has 2 N–H and O–H groups in total. The summed E-state index contributed by atoms with van der Waals surface area (Å²) in [6.45, 7) is 12.4. The lowest BCUT2D eigenvalue weighted by Crippen LogP contribution is -2.48. The van der Waals surface area contributed by atoms with Gasteiger partial charge in [-0.15, -0.1) is 0 Å². The third kappa shape index (κ3) is 10.2. The van der Waals surface area contributed by atoms with Crippen LogP contribution < -0.4 is 29.9 Å². The number of piperazine rings is 2. The third-order valence-electron chi connectivity index (χ3n) is 15.6. The van der Waals surface area contributed by atoms with Crippen molar-refractivity contribution in [3.8, 4) is 23.7 Å². The maximum absolute atomic E-state index is 15.6. The summed E-state index contributed by atoms with van der Waals surface area (Å²) >= 11 is 0. The lowest BCUT2D eigenvalue weighted by atomic mass is 9.84. The highest BCUT2D eigenvalue weighted by Gasteiger charge is 2.37. The fourth-order valence-corrected chi connectivity index (χ4v) is 11.6. The van der Waals surface area contributed by atoms with Crippen molar-refractivity contribution in [1.29, 1.82) is 0 Å². The minimum absolute atomic E-state index is 0.0534. The number of carbonyl (C=O) groups excluding carboxylic acids is 2. The van der Waals surface area contributed by atoms with E-state index in [0.29, 0.717) is 87.8 Å².